The highest BCUT2D eigenvalue weighted by Gasteiger charge is 2.18. The molecule has 1 rings (SSSR count). The van der Waals surface area contributed by atoms with Gasteiger partial charge in [0, 0.05) is 16.2 Å². The highest BCUT2D eigenvalue weighted by molar-refractivity contribution is 8.13. The van der Waals surface area contributed by atoms with Gasteiger partial charge in [-0.25, -0.2) is 12.8 Å². The average molecular weight is 223 g/mol. The van der Waals surface area contributed by atoms with Crippen LogP contribution in [0.3, 0.4) is 0 Å². The van der Waals surface area contributed by atoms with Crippen LogP contribution >= 0.6 is 10.7 Å². The molecule has 0 saturated heterocycles. The van der Waals surface area contributed by atoms with Crippen LogP contribution in [-0.4, -0.2) is 8.42 Å². The van der Waals surface area contributed by atoms with Crippen molar-refractivity contribution in [3.8, 4) is 0 Å². The first-order chi connectivity index (χ1) is 5.84. The number of rotatable bonds is 1. The molecule has 0 bridgehead atoms. The zero-order valence-electron chi connectivity index (χ0n) is 7.14. The normalized spacial score (nSPS) is 11.7. The SMILES string of the molecule is Cc1ccc(F)c(C)c1S(=O)(=O)Cl. The monoisotopic (exact) mass is 222 g/mol. The largest absolute Gasteiger partial charge is 0.261 e. The molecular formula is C8H8ClFO2S. The maximum Gasteiger partial charge on any atom is 0.261 e. The molecular weight excluding hydrogens is 215 g/mol. The van der Waals surface area contributed by atoms with Gasteiger partial charge in [0.2, 0.25) is 0 Å². The van der Waals surface area contributed by atoms with Gasteiger partial charge in [0.05, 0.1) is 4.90 Å². The van der Waals surface area contributed by atoms with E-state index in [1.165, 1.54) is 19.1 Å². The molecule has 5 heteroatoms. The minimum absolute atomic E-state index is 0.0648. The maximum absolute atomic E-state index is 13.0. The molecule has 1 aromatic rings. The van der Waals surface area contributed by atoms with Crippen LogP contribution in [0, 0.1) is 19.7 Å². The van der Waals surface area contributed by atoms with Crippen LogP contribution < -0.4 is 0 Å². The fourth-order valence-corrected chi connectivity index (χ4v) is 2.81. The van der Waals surface area contributed by atoms with E-state index in [4.69, 9.17) is 10.7 Å². The molecule has 2 nitrogen and oxygen atoms in total. The van der Waals surface area contributed by atoms with E-state index in [9.17, 15) is 12.8 Å². The van der Waals surface area contributed by atoms with E-state index >= 15 is 0 Å². The van der Waals surface area contributed by atoms with Gasteiger partial charge in [0.15, 0.2) is 0 Å². The molecule has 0 saturated carbocycles. The van der Waals surface area contributed by atoms with Gasteiger partial charge in [-0.1, -0.05) is 6.07 Å². The minimum atomic E-state index is -3.85. The van der Waals surface area contributed by atoms with Crippen molar-refractivity contribution in [1.29, 1.82) is 0 Å². The summed E-state index contributed by atoms with van der Waals surface area (Å²) in [5.74, 6) is -0.565. The zero-order chi connectivity index (χ0) is 10.2. The first-order valence-electron chi connectivity index (χ1n) is 3.54. The van der Waals surface area contributed by atoms with Gasteiger partial charge < -0.3 is 0 Å². The standard InChI is InChI=1S/C8H8ClFO2S/c1-5-3-4-7(10)6(2)8(5)13(9,11)12/h3-4H,1-2H3. The van der Waals surface area contributed by atoms with E-state index in [1.54, 1.807) is 6.92 Å². The van der Waals surface area contributed by atoms with Gasteiger partial charge in [-0.05, 0) is 25.5 Å². The number of halogens is 2. The molecule has 0 aromatic heterocycles. The van der Waals surface area contributed by atoms with Gasteiger partial charge >= 0.3 is 0 Å². The third-order valence-corrected chi connectivity index (χ3v) is 3.36. The lowest BCUT2D eigenvalue weighted by atomic mass is 10.1. The number of hydrogen-bond acceptors (Lipinski definition) is 2. The van der Waals surface area contributed by atoms with Crippen molar-refractivity contribution >= 4 is 19.7 Å². The summed E-state index contributed by atoms with van der Waals surface area (Å²) in [6.07, 6.45) is 0. The third-order valence-electron chi connectivity index (χ3n) is 1.78. The molecule has 0 aliphatic heterocycles. The average Bonchev–Trinajstić information content (AvgIpc) is 1.95. The number of hydrogen-bond donors (Lipinski definition) is 0. The van der Waals surface area contributed by atoms with Crippen LogP contribution in [0.5, 0.6) is 0 Å². The molecule has 0 N–H and O–H groups in total. The lowest BCUT2D eigenvalue weighted by molar-refractivity contribution is 0.595. The molecule has 0 spiro atoms. The Labute approximate surface area is 80.8 Å². The van der Waals surface area contributed by atoms with E-state index in [2.05, 4.69) is 0 Å². The molecule has 13 heavy (non-hydrogen) atoms. The molecule has 0 atom stereocenters. The highest BCUT2D eigenvalue weighted by atomic mass is 35.7. The predicted molar refractivity (Wildman–Crippen MR) is 48.9 cm³/mol. The Bertz CT molecular complexity index is 440. The van der Waals surface area contributed by atoms with Gasteiger partial charge in [0.1, 0.15) is 5.82 Å². The molecule has 0 aliphatic rings. The van der Waals surface area contributed by atoms with Crippen LogP contribution in [0.1, 0.15) is 11.1 Å². The Kier molecular flexibility index (Phi) is 2.63. The molecule has 0 aliphatic carbocycles. The van der Waals surface area contributed by atoms with Crippen molar-refractivity contribution in [2.45, 2.75) is 18.7 Å². The third kappa shape index (κ3) is 2.00. The second-order valence-corrected chi connectivity index (χ2v) is 5.26. The summed E-state index contributed by atoms with van der Waals surface area (Å²) in [5.41, 5.74) is 0.518. The first-order valence-corrected chi connectivity index (χ1v) is 5.85. The molecule has 1 aromatic carbocycles. The Morgan fingerprint density at radius 3 is 2.23 bits per heavy atom. The van der Waals surface area contributed by atoms with Crippen LogP contribution in [-0.2, 0) is 9.05 Å². The van der Waals surface area contributed by atoms with Gasteiger partial charge in [-0.3, -0.25) is 0 Å². The van der Waals surface area contributed by atoms with Gasteiger partial charge in [-0.15, -0.1) is 0 Å². The molecule has 0 radical (unpaired) electrons. The lowest BCUT2D eigenvalue weighted by Gasteiger charge is -2.06. The Hall–Kier alpha value is -0.610. The van der Waals surface area contributed by atoms with Crippen molar-refractivity contribution in [3.05, 3.63) is 29.1 Å². The molecule has 0 amide bonds. The summed E-state index contributed by atoms with van der Waals surface area (Å²) in [6, 6.07) is 2.60. The minimum Gasteiger partial charge on any atom is -0.207 e. The summed E-state index contributed by atoms with van der Waals surface area (Å²) in [7, 11) is 1.29. The van der Waals surface area contributed by atoms with Crippen LogP contribution in [0.25, 0.3) is 0 Å². The summed E-state index contributed by atoms with van der Waals surface area (Å²) < 4.78 is 35.0. The molecule has 0 heterocycles. The van der Waals surface area contributed by atoms with Crippen molar-refractivity contribution in [2.75, 3.05) is 0 Å². The van der Waals surface area contributed by atoms with Crippen molar-refractivity contribution in [1.82, 2.24) is 0 Å². The van der Waals surface area contributed by atoms with E-state index < -0.39 is 14.9 Å². The summed E-state index contributed by atoms with van der Waals surface area (Å²) in [6.45, 7) is 2.96. The quantitative estimate of drug-likeness (QED) is 0.684. The Balaban J connectivity index is 3.62. The predicted octanol–water partition coefficient (Wildman–Crippen LogP) is 2.37. The molecule has 0 fully saturated rings. The van der Waals surface area contributed by atoms with Crippen LogP contribution in [0.4, 0.5) is 4.39 Å². The molecule has 72 valence electrons. The second-order valence-electron chi connectivity index (χ2n) is 2.76. The smallest absolute Gasteiger partial charge is 0.207 e. The van der Waals surface area contributed by atoms with Gasteiger partial charge in [-0.2, -0.15) is 0 Å². The highest BCUT2D eigenvalue weighted by Crippen LogP contribution is 2.25. The van der Waals surface area contributed by atoms with Gasteiger partial charge in [0.25, 0.3) is 9.05 Å². The fourth-order valence-electron chi connectivity index (χ4n) is 1.18. The topological polar surface area (TPSA) is 34.1 Å². The zero-order valence-corrected chi connectivity index (χ0v) is 8.71. The Morgan fingerprint density at radius 1 is 1.31 bits per heavy atom. The maximum atomic E-state index is 13.0. The summed E-state index contributed by atoms with van der Waals surface area (Å²) in [5, 5.41) is 0. The Morgan fingerprint density at radius 2 is 1.85 bits per heavy atom. The fraction of sp³-hybridized carbons (Fsp3) is 0.250. The first kappa shape index (κ1) is 10.5. The van der Waals surface area contributed by atoms with Crippen molar-refractivity contribution in [2.24, 2.45) is 0 Å². The lowest BCUT2D eigenvalue weighted by Crippen LogP contribution is -2.00. The number of aryl methyl sites for hydroxylation is 1. The van der Waals surface area contributed by atoms with Crippen LogP contribution in [0.15, 0.2) is 17.0 Å². The van der Waals surface area contributed by atoms with E-state index in [0.717, 1.165) is 0 Å². The number of benzene rings is 1. The van der Waals surface area contributed by atoms with E-state index in [0.29, 0.717) is 5.56 Å². The summed E-state index contributed by atoms with van der Waals surface area (Å²) in [4.78, 5) is -0.130. The van der Waals surface area contributed by atoms with E-state index in [1.807, 2.05) is 0 Å². The summed E-state index contributed by atoms with van der Waals surface area (Å²) >= 11 is 0. The van der Waals surface area contributed by atoms with E-state index in [-0.39, 0.29) is 10.5 Å². The van der Waals surface area contributed by atoms with Crippen molar-refractivity contribution in [3.63, 3.8) is 0 Å². The van der Waals surface area contributed by atoms with Crippen LogP contribution in [0.2, 0.25) is 0 Å². The second kappa shape index (κ2) is 3.27. The molecule has 0 unspecified atom stereocenters. The van der Waals surface area contributed by atoms with Crippen molar-refractivity contribution < 1.29 is 12.8 Å².